The minimum atomic E-state index is -3.83. The second-order valence-electron chi connectivity index (χ2n) is 6.51. The molecule has 2 aromatic rings. The van der Waals surface area contributed by atoms with Gasteiger partial charge in [0.25, 0.3) is 0 Å². The second-order valence-corrected chi connectivity index (χ2v) is 8.11. The molecule has 0 aliphatic carbocycles. The van der Waals surface area contributed by atoms with E-state index in [1.54, 1.807) is 62.4 Å². The van der Waals surface area contributed by atoms with Crippen molar-refractivity contribution in [2.75, 3.05) is 0 Å². The first-order chi connectivity index (χ1) is 13.3. The summed E-state index contributed by atoms with van der Waals surface area (Å²) in [5.74, 6) is -0.954. The molecule has 0 saturated carbocycles. The van der Waals surface area contributed by atoms with Gasteiger partial charge >= 0.3 is 5.97 Å². The van der Waals surface area contributed by atoms with Gasteiger partial charge in [-0.15, -0.1) is 0 Å². The lowest BCUT2D eigenvalue weighted by Crippen LogP contribution is -2.44. The molecule has 0 heterocycles. The lowest BCUT2D eigenvalue weighted by atomic mass is 10.1. The van der Waals surface area contributed by atoms with Crippen molar-refractivity contribution in [2.45, 2.75) is 26.5 Å². The molecule has 1 N–H and O–H groups in total. The minimum Gasteiger partial charge on any atom is -0.460 e. The van der Waals surface area contributed by atoms with E-state index in [1.165, 1.54) is 6.08 Å². The highest BCUT2D eigenvalue weighted by atomic mass is 32.2. The van der Waals surface area contributed by atoms with E-state index in [1.807, 2.05) is 12.1 Å². The molecule has 0 saturated heterocycles. The fourth-order valence-corrected chi connectivity index (χ4v) is 3.46. The van der Waals surface area contributed by atoms with Gasteiger partial charge in [0.1, 0.15) is 12.6 Å². The Morgan fingerprint density at radius 2 is 1.79 bits per heavy atom. The number of carbonyl (C=O) groups is 1. The third-order valence-electron chi connectivity index (χ3n) is 3.92. The summed E-state index contributed by atoms with van der Waals surface area (Å²) in [5.41, 5.74) is 1.95. The Bertz CT molecular complexity index is 960. The molecule has 0 aromatic heterocycles. The lowest BCUT2D eigenvalue weighted by molar-refractivity contribution is -0.148. The predicted octanol–water partition coefficient (Wildman–Crippen LogP) is 3.22. The normalized spacial score (nSPS) is 12.6. The average molecular weight is 398 g/mol. The SMILES string of the molecule is CC(C)[C@H](NS(=O)(=O)/C=C/c1ccccc1)C(=O)OCc1ccc(C#N)cc1. The first kappa shape index (κ1) is 21.4. The number of nitrogens with zero attached hydrogens (tertiary/aromatic N) is 1. The van der Waals surface area contributed by atoms with E-state index in [9.17, 15) is 13.2 Å². The van der Waals surface area contributed by atoms with Crippen LogP contribution in [0.25, 0.3) is 6.08 Å². The highest BCUT2D eigenvalue weighted by Crippen LogP contribution is 2.11. The van der Waals surface area contributed by atoms with Gasteiger partial charge in [0.05, 0.1) is 11.6 Å². The van der Waals surface area contributed by atoms with Crippen LogP contribution >= 0.6 is 0 Å². The van der Waals surface area contributed by atoms with Gasteiger partial charge in [-0.1, -0.05) is 56.3 Å². The molecule has 0 bridgehead atoms. The number of carbonyl (C=O) groups excluding carboxylic acids is 1. The van der Waals surface area contributed by atoms with Gasteiger partial charge in [-0.05, 0) is 35.3 Å². The predicted molar refractivity (Wildman–Crippen MR) is 107 cm³/mol. The number of nitriles is 1. The van der Waals surface area contributed by atoms with Gasteiger partial charge in [-0.25, -0.2) is 8.42 Å². The topological polar surface area (TPSA) is 96.3 Å². The van der Waals surface area contributed by atoms with Crippen molar-refractivity contribution in [3.8, 4) is 6.07 Å². The number of esters is 1. The number of benzene rings is 2. The third-order valence-corrected chi connectivity index (χ3v) is 4.99. The molecule has 2 rings (SSSR count). The van der Waals surface area contributed by atoms with Crippen molar-refractivity contribution in [3.05, 3.63) is 76.7 Å². The molecule has 0 amide bonds. The zero-order valence-corrected chi connectivity index (χ0v) is 16.5. The van der Waals surface area contributed by atoms with Gasteiger partial charge in [-0.3, -0.25) is 4.79 Å². The number of hydrogen-bond acceptors (Lipinski definition) is 5. The molecule has 0 fully saturated rings. The van der Waals surface area contributed by atoms with Crippen molar-refractivity contribution >= 4 is 22.1 Å². The quantitative estimate of drug-likeness (QED) is 0.689. The summed E-state index contributed by atoms with van der Waals surface area (Å²) >= 11 is 0. The average Bonchev–Trinajstić information content (AvgIpc) is 2.70. The van der Waals surface area contributed by atoms with Crippen LogP contribution in [-0.2, 0) is 26.2 Å². The number of sulfonamides is 1. The van der Waals surface area contributed by atoms with Crippen molar-refractivity contribution < 1.29 is 17.9 Å². The zero-order chi connectivity index (χ0) is 20.6. The van der Waals surface area contributed by atoms with Gasteiger partial charge in [-0.2, -0.15) is 9.98 Å². The third kappa shape index (κ3) is 6.65. The fraction of sp³-hybridized carbons (Fsp3) is 0.238. The summed E-state index contributed by atoms with van der Waals surface area (Å²) < 4.78 is 32.3. The van der Waals surface area contributed by atoms with Crippen molar-refractivity contribution in [1.29, 1.82) is 5.26 Å². The van der Waals surface area contributed by atoms with Crippen LogP contribution in [0.3, 0.4) is 0 Å². The number of nitrogens with one attached hydrogen (secondary N) is 1. The molecule has 0 unspecified atom stereocenters. The van der Waals surface area contributed by atoms with Gasteiger partial charge < -0.3 is 4.74 Å². The maximum Gasteiger partial charge on any atom is 0.324 e. The smallest absolute Gasteiger partial charge is 0.324 e. The Balaban J connectivity index is 2.01. The molecule has 6 nitrogen and oxygen atoms in total. The molecule has 2 aromatic carbocycles. The van der Waals surface area contributed by atoms with E-state index >= 15 is 0 Å². The summed E-state index contributed by atoms with van der Waals surface area (Å²) in [4.78, 5) is 12.4. The highest BCUT2D eigenvalue weighted by Gasteiger charge is 2.27. The van der Waals surface area contributed by atoms with Crippen molar-refractivity contribution in [1.82, 2.24) is 4.72 Å². The molecule has 7 heteroatoms. The van der Waals surface area contributed by atoms with Gasteiger partial charge in [0.2, 0.25) is 10.0 Å². The molecule has 1 atom stereocenters. The largest absolute Gasteiger partial charge is 0.460 e. The Hall–Kier alpha value is -2.95. The van der Waals surface area contributed by atoms with Crippen LogP contribution in [0.5, 0.6) is 0 Å². The van der Waals surface area contributed by atoms with Gasteiger partial charge in [0.15, 0.2) is 0 Å². The Morgan fingerprint density at radius 3 is 2.36 bits per heavy atom. The molecule has 146 valence electrons. The first-order valence-electron chi connectivity index (χ1n) is 8.72. The van der Waals surface area contributed by atoms with Crippen LogP contribution in [0.4, 0.5) is 0 Å². The maximum absolute atomic E-state index is 12.4. The summed E-state index contributed by atoms with van der Waals surface area (Å²) in [6, 6.07) is 16.6. The molecule has 0 spiro atoms. The van der Waals surface area contributed by atoms with Crippen molar-refractivity contribution in [2.24, 2.45) is 5.92 Å². The Labute approximate surface area is 165 Å². The summed E-state index contributed by atoms with van der Waals surface area (Å²) in [6.07, 6.45) is 1.46. The van der Waals surface area contributed by atoms with E-state index in [-0.39, 0.29) is 12.5 Å². The van der Waals surface area contributed by atoms with Crippen LogP contribution < -0.4 is 4.72 Å². The van der Waals surface area contributed by atoms with E-state index in [4.69, 9.17) is 10.00 Å². The summed E-state index contributed by atoms with van der Waals surface area (Å²) in [6.45, 7) is 3.46. The van der Waals surface area contributed by atoms with E-state index < -0.39 is 22.0 Å². The minimum absolute atomic E-state index is 0.00462. The highest BCUT2D eigenvalue weighted by molar-refractivity contribution is 7.92. The number of hydrogen-bond donors (Lipinski definition) is 1. The van der Waals surface area contributed by atoms with Crippen LogP contribution in [0.15, 0.2) is 60.0 Å². The lowest BCUT2D eigenvalue weighted by Gasteiger charge is -2.20. The monoisotopic (exact) mass is 398 g/mol. The van der Waals surface area contributed by atoms with Gasteiger partial charge in [0, 0.05) is 5.41 Å². The summed E-state index contributed by atoms with van der Waals surface area (Å²) in [5, 5.41) is 9.83. The fourth-order valence-electron chi connectivity index (χ4n) is 2.32. The molecular weight excluding hydrogens is 376 g/mol. The molecule has 0 aliphatic rings. The molecule has 0 aliphatic heterocycles. The standard InChI is InChI=1S/C21H22N2O4S/c1-16(2)20(21(24)27-15-19-10-8-18(14-22)9-11-19)23-28(25,26)13-12-17-6-4-3-5-7-17/h3-13,16,20,23H,15H2,1-2H3/b13-12+/t20-/m0/s1. The van der Waals surface area contributed by atoms with Crippen molar-refractivity contribution in [3.63, 3.8) is 0 Å². The van der Waals surface area contributed by atoms with Crippen LogP contribution in [0, 0.1) is 17.2 Å². The van der Waals surface area contributed by atoms with E-state index in [0.717, 1.165) is 11.0 Å². The molecule has 28 heavy (non-hydrogen) atoms. The zero-order valence-electron chi connectivity index (χ0n) is 15.7. The second kappa shape index (κ2) is 9.83. The molecule has 0 radical (unpaired) electrons. The molecular formula is C21H22N2O4S. The Morgan fingerprint density at radius 1 is 1.14 bits per heavy atom. The maximum atomic E-state index is 12.4. The van der Waals surface area contributed by atoms with Crippen LogP contribution in [-0.4, -0.2) is 20.4 Å². The number of rotatable bonds is 8. The van der Waals surface area contributed by atoms with Crippen LogP contribution in [0.1, 0.15) is 30.5 Å². The Kier molecular flexibility index (Phi) is 7.50. The summed E-state index contributed by atoms with van der Waals surface area (Å²) in [7, 11) is -3.83. The van der Waals surface area contributed by atoms with E-state index in [0.29, 0.717) is 11.1 Å². The number of ether oxygens (including phenoxy) is 1. The van der Waals surface area contributed by atoms with E-state index in [2.05, 4.69) is 4.72 Å². The first-order valence-corrected chi connectivity index (χ1v) is 10.3. The van der Waals surface area contributed by atoms with Crippen LogP contribution in [0.2, 0.25) is 0 Å².